The Kier molecular flexibility index (Phi) is 9.51. The van der Waals surface area contributed by atoms with Crippen LogP contribution in [0, 0.1) is 0 Å². The molecule has 3 aromatic rings. The van der Waals surface area contributed by atoms with Crippen molar-refractivity contribution in [2.45, 2.75) is 45.0 Å². The number of hydrogen-bond acceptors (Lipinski definition) is 8. The molecule has 0 radical (unpaired) electrons. The maximum Gasteiger partial charge on any atom is 0.338 e. The smallest absolute Gasteiger partial charge is 0.338 e. The summed E-state index contributed by atoms with van der Waals surface area (Å²) in [7, 11) is 1.36. The van der Waals surface area contributed by atoms with Gasteiger partial charge in [-0.05, 0) is 66.0 Å². The Hall–Kier alpha value is -2.40. The van der Waals surface area contributed by atoms with E-state index in [0.717, 1.165) is 23.3 Å². The van der Waals surface area contributed by atoms with Crippen molar-refractivity contribution in [3.63, 3.8) is 0 Å². The molecule has 1 aliphatic rings. The highest BCUT2D eigenvalue weighted by molar-refractivity contribution is 9.10. The van der Waals surface area contributed by atoms with Crippen molar-refractivity contribution in [2.24, 2.45) is 0 Å². The number of aromatic nitrogens is 3. The van der Waals surface area contributed by atoms with Gasteiger partial charge in [0.25, 0.3) is 0 Å². The van der Waals surface area contributed by atoms with Gasteiger partial charge < -0.3 is 19.5 Å². The molecule has 202 valence electrons. The Morgan fingerprint density at radius 2 is 2.00 bits per heavy atom. The molecule has 1 aliphatic heterocycles. The van der Waals surface area contributed by atoms with Crippen LogP contribution in [0.4, 0.5) is 5.95 Å². The second kappa shape index (κ2) is 12.6. The van der Waals surface area contributed by atoms with Crippen LogP contribution in [0.2, 0.25) is 10.0 Å². The number of fused-ring (bicyclic) bond motifs is 1. The highest BCUT2D eigenvalue weighted by Gasteiger charge is 2.36. The summed E-state index contributed by atoms with van der Waals surface area (Å²) in [6, 6.07) is 8.39. The Morgan fingerprint density at radius 3 is 2.68 bits per heavy atom. The number of carbonyl (C=O) groups excluding carboxylic acids is 1. The fourth-order valence-electron chi connectivity index (χ4n) is 4.01. The van der Waals surface area contributed by atoms with Crippen LogP contribution in [0.3, 0.4) is 0 Å². The van der Waals surface area contributed by atoms with Crippen molar-refractivity contribution in [3.05, 3.63) is 67.2 Å². The normalized spacial score (nSPS) is 14.7. The van der Waals surface area contributed by atoms with Crippen molar-refractivity contribution in [3.8, 4) is 11.5 Å². The Morgan fingerprint density at radius 1 is 1.21 bits per heavy atom. The molecular formula is C26H27BrCl2N4O4S. The van der Waals surface area contributed by atoms with Crippen LogP contribution in [0.5, 0.6) is 11.5 Å². The van der Waals surface area contributed by atoms with Crippen molar-refractivity contribution in [1.82, 2.24) is 14.8 Å². The number of benzene rings is 2. The zero-order valence-electron chi connectivity index (χ0n) is 21.3. The van der Waals surface area contributed by atoms with Gasteiger partial charge in [-0.1, -0.05) is 48.0 Å². The molecule has 2 heterocycles. The molecule has 0 amide bonds. The Bertz CT molecular complexity index is 1380. The molecule has 1 N–H and O–H groups in total. The van der Waals surface area contributed by atoms with Crippen LogP contribution in [0.15, 0.2) is 51.2 Å². The molecule has 0 fully saturated rings. The number of anilines is 1. The first kappa shape index (κ1) is 28.6. The van der Waals surface area contributed by atoms with Crippen molar-refractivity contribution in [1.29, 1.82) is 0 Å². The summed E-state index contributed by atoms with van der Waals surface area (Å²) >= 11 is 17.6. The van der Waals surface area contributed by atoms with E-state index < -0.39 is 12.0 Å². The van der Waals surface area contributed by atoms with Gasteiger partial charge >= 0.3 is 5.97 Å². The molecule has 4 rings (SSSR count). The van der Waals surface area contributed by atoms with E-state index in [0.29, 0.717) is 55.0 Å². The third-order valence-electron chi connectivity index (χ3n) is 5.71. The number of methoxy groups -OCH3 is 1. The lowest BCUT2D eigenvalue weighted by Gasteiger charge is -2.28. The van der Waals surface area contributed by atoms with E-state index >= 15 is 0 Å². The number of thioether (sulfide) groups is 1. The Balaban J connectivity index is 1.77. The fraction of sp³-hybridized carbons (Fsp3) is 0.346. The number of allylic oxidation sites excluding steroid dienone is 1. The quantitative estimate of drug-likeness (QED) is 0.182. The molecule has 1 atom stereocenters. The monoisotopic (exact) mass is 640 g/mol. The number of ether oxygens (including phenoxy) is 3. The van der Waals surface area contributed by atoms with Crippen LogP contribution in [0.25, 0.3) is 0 Å². The minimum Gasteiger partial charge on any atom is -0.490 e. The highest BCUT2D eigenvalue weighted by Crippen LogP contribution is 2.44. The van der Waals surface area contributed by atoms with Gasteiger partial charge in [0.1, 0.15) is 12.6 Å². The van der Waals surface area contributed by atoms with Gasteiger partial charge in [0.05, 0.1) is 23.8 Å². The summed E-state index contributed by atoms with van der Waals surface area (Å²) in [6.45, 7) is 6.43. The van der Waals surface area contributed by atoms with E-state index in [4.69, 9.17) is 42.5 Å². The average molecular weight is 642 g/mol. The van der Waals surface area contributed by atoms with Crippen molar-refractivity contribution >= 4 is 62.8 Å². The first-order valence-corrected chi connectivity index (χ1v) is 14.5. The maximum atomic E-state index is 13.0. The molecule has 38 heavy (non-hydrogen) atoms. The summed E-state index contributed by atoms with van der Waals surface area (Å²) in [5.41, 5.74) is 2.59. The lowest BCUT2D eigenvalue weighted by atomic mass is 9.95. The number of carbonyl (C=O) groups is 1. The second-order valence-corrected chi connectivity index (χ2v) is 11.1. The summed E-state index contributed by atoms with van der Waals surface area (Å²) in [5.74, 6) is 1.98. The first-order chi connectivity index (χ1) is 18.3. The number of nitrogens with one attached hydrogen (secondary N) is 1. The summed E-state index contributed by atoms with van der Waals surface area (Å²) in [4.78, 5) is 17.6. The number of halogens is 3. The molecular weight excluding hydrogens is 615 g/mol. The number of esters is 1. The van der Waals surface area contributed by atoms with Crippen LogP contribution < -0.4 is 14.8 Å². The zero-order chi connectivity index (χ0) is 27.4. The van der Waals surface area contributed by atoms with E-state index in [2.05, 4.69) is 33.2 Å². The molecule has 0 aliphatic carbocycles. The standard InChI is InChI=1S/C26H27BrCl2N4O4S/c1-5-9-38-26-31-25-30-14(3)21(24(34)35-4)22(33(25)32-26)16-10-18(27)23(20(11-16)36-6-2)37-13-15-7-8-17(28)12-19(15)29/h7-8,10-12,22H,5-6,9,13H2,1-4H3,(H,30,31,32). The lowest BCUT2D eigenvalue weighted by molar-refractivity contribution is -0.136. The highest BCUT2D eigenvalue weighted by atomic mass is 79.9. The predicted molar refractivity (Wildman–Crippen MR) is 154 cm³/mol. The molecule has 12 heteroatoms. The molecule has 8 nitrogen and oxygen atoms in total. The third kappa shape index (κ3) is 6.09. The van der Waals surface area contributed by atoms with Gasteiger partial charge in [0.15, 0.2) is 11.5 Å². The van der Waals surface area contributed by atoms with Crippen LogP contribution >= 0.6 is 50.9 Å². The molecule has 1 unspecified atom stereocenters. The molecule has 0 bridgehead atoms. The van der Waals surface area contributed by atoms with Gasteiger partial charge in [-0.3, -0.25) is 0 Å². The summed E-state index contributed by atoms with van der Waals surface area (Å²) in [6.07, 6.45) is 0.990. The molecule has 2 aromatic carbocycles. The van der Waals surface area contributed by atoms with E-state index in [1.54, 1.807) is 28.6 Å². The van der Waals surface area contributed by atoms with Gasteiger partial charge in [-0.2, -0.15) is 4.98 Å². The van der Waals surface area contributed by atoms with Gasteiger partial charge in [-0.25, -0.2) is 9.48 Å². The van der Waals surface area contributed by atoms with Crippen LogP contribution in [-0.4, -0.2) is 40.2 Å². The second-order valence-electron chi connectivity index (χ2n) is 8.36. The minimum atomic E-state index is -0.600. The third-order valence-corrected chi connectivity index (χ3v) is 7.93. The minimum absolute atomic E-state index is 0.207. The van der Waals surface area contributed by atoms with Gasteiger partial charge in [-0.15, -0.1) is 5.10 Å². The molecule has 0 spiro atoms. The lowest BCUT2D eigenvalue weighted by Crippen LogP contribution is -2.29. The van der Waals surface area contributed by atoms with Crippen molar-refractivity contribution < 1.29 is 19.0 Å². The number of nitrogens with zero attached hydrogens (tertiary/aromatic N) is 3. The topological polar surface area (TPSA) is 87.5 Å². The molecule has 1 aromatic heterocycles. The summed E-state index contributed by atoms with van der Waals surface area (Å²) in [5, 5.41) is 9.61. The van der Waals surface area contributed by atoms with Gasteiger partial charge in [0, 0.05) is 27.1 Å². The van der Waals surface area contributed by atoms with Crippen LogP contribution in [-0.2, 0) is 16.1 Å². The zero-order valence-corrected chi connectivity index (χ0v) is 25.2. The summed E-state index contributed by atoms with van der Waals surface area (Å²) < 4.78 is 19.6. The van der Waals surface area contributed by atoms with Gasteiger partial charge in [0.2, 0.25) is 11.1 Å². The van der Waals surface area contributed by atoms with Crippen LogP contribution in [0.1, 0.15) is 44.4 Å². The molecule has 0 saturated carbocycles. The van der Waals surface area contributed by atoms with E-state index in [-0.39, 0.29) is 6.61 Å². The van der Waals surface area contributed by atoms with E-state index in [1.165, 1.54) is 7.11 Å². The maximum absolute atomic E-state index is 13.0. The average Bonchev–Trinajstić information content (AvgIpc) is 3.29. The van der Waals surface area contributed by atoms with E-state index in [1.807, 2.05) is 32.0 Å². The number of hydrogen-bond donors (Lipinski definition) is 1. The first-order valence-electron chi connectivity index (χ1n) is 12.0. The molecule has 0 saturated heterocycles. The van der Waals surface area contributed by atoms with Crippen molar-refractivity contribution in [2.75, 3.05) is 24.8 Å². The van der Waals surface area contributed by atoms with E-state index in [9.17, 15) is 4.79 Å². The number of rotatable bonds is 10. The fourth-order valence-corrected chi connectivity index (χ4v) is 5.73. The largest absolute Gasteiger partial charge is 0.490 e. The SMILES string of the molecule is CCCSc1nc2n(n1)C(c1cc(Br)c(OCc3ccc(Cl)cc3Cl)c(OCC)c1)C(C(=O)OC)=C(C)N2. The Labute approximate surface area is 244 Å². The predicted octanol–water partition coefficient (Wildman–Crippen LogP) is 7.29.